The highest BCUT2D eigenvalue weighted by atomic mass is 35.5. The van der Waals surface area contributed by atoms with Gasteiger partial charge in [-0.2, -0.15) is 0 Å². The molecule has 3 nitrogen and oxygen atoms in total. The summed E-state index contributed by atoms with van der Waals surface area (Å²) in [6.07, 6.45) is 3.39. The van der Waals surface area contributed by atoms with Crippen LogP contribution in [0.3, 0.4) is 0 Å². The number of rotatable bonds is 5. The molecule has 0 saturated carbocycles. The average molecular weight is 266 g/mol. The van der Waals surface area contributed by atoms with Crippen LogP contribution in [0.15, 0.2) is 41.2 Å². The highest BCUT2D eigenvalue weighted by Gasteiger charge is 2.17. The fourth-order valence-electron chi connectivity index (χ4n) is 1.92. The van der Waals surface area contributed by atoms with Crippen molar-refractivity contribution in [2.75, 3.05) is 13.7 Å². The van der Waals surface area contributed by atoms with Gasteiger partial charge in [0.15, 0.2) is 0 Å². The topological polar surface area (TPSA) is 34.4 Å². The molecule has 2 rings (SSSR count). The van der Waals surface area contributed by atoms with E-state index < -0.39 is 0 Å². The predicted molar refractivity (Wildman–Crippen MR) is 72.2 cm³/mol. The molecule has 0 aliphatic carbocycles. The second-order valence-corrected chi connectivity index (χ2v) is 4.34. The van der Waals surface area contributed by atoms with Crippen LogP contribution in [0, 0.1) is 0 Å². The molecule has 0 aliphatic heterocycles. The highest BCUT2D eigenvalue weighted by Crippen LogP contribution is 2.31. The number of benzene rings is 1. The summed E-state index contributed by atoms with van der Waals surface area (Å²) in [7, 11) is 1.63. The second kappa shape index (κ2) is 5.94. The minimum Gasteiger partial charge on any atom is -0.497 e. The Kier molecular flexibility index (Phi) is 4.28. The molecule has 0 radical (unpaired) electrons. The van der Waals surface area contributed by atoms with E-state index in [4.69, 9.17) is 20.8 Å². The molecule has 0 fully saturated rings. The number of nitrogens with one attached hydrogen (secondary N) is 1. The number of methoxy groups -OCH3 is 1. The van der Waals surface area contributed by atoms with Crippen LogP contribution in [0.1, 0.15) is 24.1 Å². The minimum absolute atomic E-state index is 0.0344. The highest BCUT2D eigenvalue weighted by molar-refractivity contribution is 6.31. The van der Waals surface area contributed by atoms with Gasteiger partial charge in [0.2, 0.25) is 0 Å². The van der Waals surface area contributed by atoms with Crippen molar-refractivity contribution in [2.24, 2.45) is 0 Å². The zero-order valence-corrected chi connectivity index (χ0v) is 11.2. The molecular weight excluding hydrogens is 250 g/mol. The van der Waals surface area contributed by atoms with Crippen molar-refractivity contribution in [2.45, 2.75) is 13.0 Å². The Morgan fingerprint density at radius 3 is 2.78 bits per heavy atom. The number of furan rings is 1. The molecule has 1 heterocycles. The van der Waals surface area contributed by atoms with Gasteiger partial charge in [-0.05, 0) is 30.3 Å². The molecule has 0 saturated heterocycles. The maximum absolute atomic E-state index is 6.30. The standard InChI is InChI=1S/C14H16ClNO2/c1-3-16-14(10-6-7-18-9-10)12-5-4-11(17-2)8-13(12)15/h4-9,14,16H,3H2,1-2H3. The maximum atomic E-state index is 6.30. The van der Waals surface area contributed by atoms with Gasteiger partial charge in [-0.3, -0.25) is 0 Å². The van der Waals surface area contributed by atoms with E-state index >= 15 is 0 Å². The summed E-state index contributed by atoms with van der Waals surface area (Å²) in [6, 6.07) is 7.68. The molecule has 0 amide bonds. The first-order valence-corrected chi connectivity index (χ1v) is 6.23. The third-order valence-corrected chi connectivity index (χ3v) is 3.13. The van der Waals surface area contributed by atoms with Gasteiger partial charge in [0.25, 0.3) is 0 Å². The first-order valence-electron chi connectivity index (χ1n) is 5.85. The summed E-state index contributed by atoms with van der Waals surface area (Å²) >= 11 is 6.30. The molecule has 96 valence electrons. The van der Waals surface area contributed by atoms with E-state index in [9.17, 15) is 0 Å². The Bertz CT molecular complexity index is 497. The van der Waals surface area contributed by atoms with Crippen LogP contribution < -0.4 is 10.1 Å². The summed E-state index contributed by atoms with van der Waals surface area (Å²) in [5.41, 5.74) is 2.07. The lowest BCUT2D eigenvalue weighted by molar-refractivity contribution is 0.414. The van der Waals surface area contributed by atoms with E-state index in [0.717, 1.165) is 23.4 Å². The molecule has 4 heteroatoms. The van der Waals surface area contributed by atoms with Crippen LogP contribution in [0.25, 0.3) is 0 Å². The Morgan fingerprint density at radius 1 is 1.39 bits per heavy atom. The molecular formula is C14H16ClNO2. The SMILES string of the molecule is CCNC(c1ccoc1)c1ccc(OC)cc1Cl. The number of hydrogen-bond donors (Lipinski definition) is 1. The number of ether oxygens (including phenoxy) is 1. The largest absolute Gasteiger partial charge is 0.497 e. The zero-order valence-electron chi connectivity index (χ0n) is 10.4. The molecule has 18 heavy (non-hydrogen) atoms. The summed E-state index contributed by atoms with van der Waals surface area (Å²) in [5, 5.41) is 4.08. The van der Waals surface area contributed by atoms with E-state index in [0.29, 0.717) is 5.02 Å². The first-order chi connectivity index (χ1) is 8.76. The minimum atomic E-state index is 0.0344. The fourth-order valence-corrected chi connectivity index (χ4v) is 2.20. The molecule has 0 aliphatic rings. The zero-order chi connectivity index (χ0) is 13.0. The number of halogens is 1. The lowest BCUT2D eigenvalue weighted by Gasteiger charge is -2.18. The Morgan fingerprint density at radius 2 is 2.22 bits per heavy atom. The van der Waals surface area contributed by atoms with Gasteiger partial charge in [-0.25, -0.2) is 0 Å². The number of hydrogen-bond acceptors (Lipinski definition) is 3. The van der Waals surface area contributed by atoms with E-state index in [-0.39, 0.29) is 6.04 Å². The van der Waals surface area contributed by atoms with Gasteiger partial charge in [-0.15, -0.1) is 0 Å². The molecule has 2 aromatic rings. The van der Waals surface area contributed by atoms with Crippen LogP contribution in [0.4, 0.5) is 0 Å². The van der Waals surface area contributed by atoms with Crippen LogP contribution in [-0.2, 0) is 0 Å². The molecule has 0 spiro atoms. The lowest BCUT2D eigenvalue weighted by Crippen LogP contribution is -2.21. The van der Waals surface area contributed by atoms with Gasteiger partial charge in [-0.1, -0.05) is 24.6 Å². The Hall–Kier alpha value is -1.45. The maximum Gasteiger partial charge on any atom is 0.120 e. The third-order valence-electron chi connectivity index (χ3n) is 2.80. The van der Waals surface area contributed by atoms with E-state index in [2.05, 4.69) is 12.2 Å². The molecule has 0 bridgehead atoms. The van der Waals surface area contributed by atoms with Crippen molar-refractivity contribution in [1.82, 2.24) is 5.32 Å². The van der Waals surface area contributed by atoms with Crippen LogP contribution in [0.2, 0.25) is 5.02 Å². The van der Waals surface area contributed by atoms with E-state index in [1.807, 2.05) is 24.3 Å². The first kappa shape index (κ1) is 13.0. The normalized spacial score (nSPS) is 12.4. The van der Waals surface area contributed by atoms with Crippen LogP contribution >= 0.6 is 11.6 Å². The molecule has 1 atom stereocenters. The Balaban J connectivity index is 2.37. The van der Waals surface area contributed by atoms with Gasteiger partial charge in [0, 0.05) is 10.6 Å². The van der Waals surface area contributed by atoms with Crippen molar-refractivity contribution in [3.05, 3.63) is 52.9 Å². The molecule has 1 N–H and O–H groups in total. The van der Waals surface area contributed by atoms with Gasteiger partial charge >= 0.3 is 0 Å². The molecule has 1 aromatic carbocycles. The summed E-state index contributed by atoms with van der Waals surface area (Å²) in [5.74, 6) is 0.756. The van der Waals surface area contributed by atoms with Crippen LogP contribution in [0.5, 0.6) is 5.75 Å². The monoisotopic (exact) mass is 265 g/mol. The van der Waals surface area contributed by atoms with Crippen molar-refractivity contribution >= 4 is 11.6 Å². The Labute approximate surface area is 112 Å². The lowest BCUT2D eigenvalue weighted by atomic mass is 10.0. The van der Waals surface area contributed by atoms with Crippen LogP contribution in [-0.4, -0.2) is 13.7 Å². The average Bonchev–Trinajstić information content (AvgIpc) is 2.90. The summed E-state index contributed by atoms with van der Waals surface area (Å²) in [4.78, 5) is 0. The summed E-state index contributed by atoms with van der Waals surface area (Å²) in [6.45, 7) is 2.91. The van der Waals surface area contributed by atoms with Crippen molar-refractivity contribution in [1.29, 1.82) is 0 Å². The van der Waals surface area contributed by atoms with Crippen molar-refractivity contribution < 1.29 is 9.15 Å². The summed E-state index contributed by atoms with van der Waals surface area (Å²) < 4.78 is 10.3. The van der Waals surface area contributed by atoms with Gasteiger partial charge in [0.05, 0.1) is 25.7 Å². The van der Waals surface area contributed by atoms with E-state index in [1.54, 1.807) is 19.6 Å². The van der Waals surface area contributed by atoms with Gasteiger partial charge in [0.1, 0.15) is 5.75 Å². The van der Waals surface area contributed by atoms with E-state index in [1.165, 1.54) is 0 Å². The molecule has 1 aromatic heterocycles. The smallest absolute Gasteiger partial charge is 0.120 e. The quantitative estimate of drug-likeness (QED) is 0.896. The molecule has 1 unspecified atom stereocenters. The van der Waals surface area contributed by atoms with Crippen molar-refractivity contribution in [3.63, 3.8) is 0 Å². The second-order valence-electron chi connectivity index (χ2n) is 3.93. The van der Waals surface area contributed by atoms with Gasteiger partial charge < -0.3 is 14.5 Å². The van der Waals surface area contributed by atoms with Crippen molar-refractivity contribution in [3.8, 4) is 5.75 Å². The third kappa shape index (κ3) is 2.68. The predicted octanol–water partition coefficient (Wildman–Crippen LogP) is 3.64. The fraction of sp³-hybridized carbons (Fsp3) is 0.286.